The Hall–Kier alpha value is -1.65. The van der Waals surface area contributed by atoms with E-state index in [0.717, 1.165) is 11.4 Å². The second-order valence-corrected chi connectivity index (χ2v) is 2.90. The number of nitrogens with zero attached hydrogens (tertiary/aromatic N) is 2. The first-order valence-electron chi connectivity index (χ1n) is 4.25. The van der Waals surface area contributed by atoms with Crippen LogP contribution in [0.3, 0.4) is 0 Å². The van der Waals surface area contributed by atoms with Crippen LogP contribution in [-0.2, 0) is 9.53 Å². The summed E-state index contributed by atoms with van der Waals surface area (Å²) >= 11 is 0. The van der Waals surface area contributed by atoms with Crippen molar-refractivity contribution in [2.24, 2.45) is 0 Å². The summed E-state index contributed by atoms with van der Waals surface area (Å²) in [5.41, 5.74) is 1.73. The number of methoxy groups -OCH3 is 1. The van der Waals surface area contributed by atoms with Gasteiger partial charge in [0.15, 0.2) is 0 Å². The summed E-state index contributed by atoms with van der Waals surface area (Å²) in [6.07, 6.45) is 0. The largest absolute Gasteiger partial charge is 0.468 e. The van der Waals surface area contributed by atoms with E-state index in [9.17, 15) is 4.79 Å². The number of hydrogen-bond donors (Lipinski definition) is 1. The number of ether oxygens (including phenoxy) is 1. The van der Waals surface area contributed by atoms with Crippen LogP contribution in [-0.4, -0.2) is 29.6 Å². The predicted octanol–water partition coefficient (Wildman–Crippen LogP) is 0.678. The first-order chi connectivity index (χ1) is 6.61. The molecule has 1 aromatic heterocycles. The van der Waals surface area contributed by atoms with Crippen LogP contribution < -0.4 is 5.32 Å². The Balaban J connectivity index is 2.63. The van der Waals surface area contributed by atoms with Gasteiger partial charge in [0.2, 0.25) is 5.95 Å². The first-order valence-corrected chi connectivity index (χ1v) is 4.25. The Morgan fingerprint density at radius 3 is 2.50 bits per heavy atom. The summed E-state index contributed by atoms with van der Waals surface area (Å²) in [5.74, 6) is 0.112. The molecule has 0 atom stereocenters. The van der Waals surface area contributed by atoms with Crippen molar-refractivity contribution >= 4 is 11.9 Å². The summed E-state index contributed by atoms with van der Waals surface area (Å²) in [6, 6.07) is 1.86. The molecule has 1 rings (SSSR count). The molecule has 0 bridgehead atoms. The maximum atomic E-state index is 10.8. The van der Waals surface area contributed by atoms with Crippen molar-refractivity contribution in [3.63, 3.8) is 0 Å². The molecule has 14 heavy (non-hydrogen) atoms. The van der Waals surface area contributed by atoms with E-state index in [0.29, 0.717) is 5.95 Å². The lowest BCUT2D eigenvalue weighted by Gasteiger charge is -2.04. The number of carbonyl (C=O) groups is 1. The number of anilines is 1. The minimum atomic E-state index is -0.340. The molecule has 0 fully saturated rings. The molecule has 0 aliphatic rings. The zero-order valence-electron chi connectivity index (χ0n) is 8.50. The number of aromatic nitrogens is 2. The Morgan fingerprint density at radius 2 is 2.00 bits per heavy atom. The average molecular weight is 195 g/mol. The van der Waals surface area contributed by atoms with E-state index in [2.05, 4.69) is 20.0 Å². The van der Waals surface area contributed by atoms with Gasteiger partial charge >= 0.3 is 5.97 Å². The van der Waals surface area contributed by atoms with E-state index in [1.165, 1.54) is 7.11 Å². The maximum absolute atomic E-state index is 10.8. The number of carbonyl (C=O) groups excluding carboxylic acids is 1. The molecule has 1 N–H and O–H groups in total. The summed E-state index contributed by atoms with van der Waals surface area (Å²) in [4.78, 5) is 19.0. The monoisotopic (exact) mass is 195 g/mol. The Kier molecular flexibility index (Phi) is 3.39. The van der Waals surface area contributed by atoms with Crippen LogP contribution in [0.5, 0.6) is 0 Å². The van der Waals surface area contributed by atoms with Crippen LogP contribution in [0.25, 0.3) is 0 Å². The van der Waals surface area contributed by atoms with Crippen molar-refractivity contribution in [3.05, 3.63) is 17.5 Å². The van der Waals surface area contributed by atoms with Gasteiger partial charge in [-0.25, -0.2) is 9.97 Å². The van der Waals surface area contributed by atoms with Gasteiger partial charge < -0.3 is 10.1 Å². The van der Waals surface area contributed by atoms with Gasteiger partial charge in [0.25, 0.3) is 0 Å². The SMILES string of the molecule is COC(=O)CNc1nc(C)cc(C)n1. The maximum Gasteiger partial charge on any atom is 0.325 e. The fourth-order valence-electron chi connectivity index (χ4n) is 1.03. The van der Waals surface area contributed by atoms with Gasteiger partial charge in [-0.05, 0) is 19.9 Å². The smallest absolute Gasteiger partial charge is 0.325 e. The van der Waals surface area contributed by atoms with Crippen LogP contribution in [0.15, 0.2) is 6.07 Å². The van der Waals surface area contributed by atoms with E-state index in [4.69, 9.17) is 0 Å². The minimum Gasteiger partial charge on any atom is -0.468 e. The van der Waals surface area contributed by atoms with Crippen LogP contribution in [0.1, 0.15) is 11.4 Å². The third-order valence-electron chi connectivity index (χ3n) is 1.60. The molecule has 0 aliphatic carbocycles. The zero-order valence-corrected chi connectivity index (χ0v) is 8.50. The first kappa shape index (κ1) is 10.4. The molecule has 1 heterocycles. The van der Waals surface area contributed by atoms with Crippen LogP contribution >= 0.6 is 0 Å². The van der Waals surface area contributed by atoms with Crippen LogP contribution in [0, 0.1) is 13.8 Å². The van der Waals surface area contributed by atoms with Crippen LogP contribution in [0.2, 0.25) is 0 Å². The number of hydrogen-bond acceptors (Lipinski definition) is 5. The van der Waals surface area contributed by atoms with Gasteiger partial charge in [0.1, 0.15) is 6.54 Å². The molecule has 5 nitrogen and oxygen atoms in total. The Morgan fingerprint density at radius 1 is 1.43 bits per heavy atom. The summed E-state index contributed by atoms with van der Waals surface area (Å²) in [6.45, 7) is 3.83. The van der Waals surface area contributed by atoms with Crippen molar-refractivity contribution in [1.29, 1.82) is 0 Å². The number of aryl methyl sites for hydroxylation is 2. The summed E-state index contributed by atoms with van der Waals surface area (Å²) in [5, 5.41) is 2.78. The van der Waals surface area contributed by atoms with E-state index < -0.39 is 0 Å². The highest BCUT2D eigenvalue weighted by Gasteiger charge is 2.02. The summed E-state index contributed by atoms with van der Waals surface area (Å²) in [7, 11) is 1.34. The average Bonchev–Trinajstić information content (AvgIpc) is 2.12. The normalized spacial score (nSPS) is 9.64. The van der Waals surface area contributed by atoms with Gasteiger partial charge in [0.05, 0.1) is 7.11 Å². The third-order valence-corrected chi connectivity index (χ3v) is 1.60. The molecule has 0 aliphatic heterocycles. The van der Waals surface area contributed by atoms with Crippen molar-refractivity contribution in [3.8, 4) is 0 Å². The van der Waals surface area contributed by atoms with Gasteiger partial charge in [0, 0.05) is 11.4 Å². The standard InChI is InChI=1S/C9H13N3O2/c1-6-4-7(2)12-9(11-6)10-5-8(13)14-3/h4H,5H2,1-3H3,(H,10,11,12). The third kappa shape index (κ3) is 3.01. The van der Waals surface area contributed by atoms with Crippen molar-refractivity contribution in [2.75, 3.05) is 19.0 Å². The lowest BCUT2D eigenvalue weighted by Crippen LogP contribution is -2.16. The molecule has 76 valence electrons. The topological polar surface area (TPSA) is 64.1 Å². The summed E-state index contributed by atoms with van der Waals surface area (Å²) < 4.78 is 4.48. The van der Waals surface area contributed by atoms with Crippen LogP contribution in [0.4, 0.5) is 5.95 Å². The van der Waals surface area contributed by atoms with Crippen molar-refractivity contribution in [1.82, 2.24) is 9.97 Å². The van der Waals surface area contributed by atoms with E-state index in [1.54, 1.807) is 0 Å². The van der Waals surface area contributed by atoms with Gasteiger partial charge in [-0.1, -0.05) is 0 Å². The fourth-order valence-corrected chi connectivity index (χ4v) is 1.03. The van der Waals surface area contributed by atoms with Crippen molar-refractivity contribution < 1.29 is 9.53 Å². The number of esters is 1. The lowest BCUT2D eigenvalue weighted by atomic mass is 10.4. The predicted molar refractivity (Wildman–Crippen MR) is 52.0 cm³/mol. The Labute approximate surface area is 82.5 Å². The van der Waals surface area contributed by atoms with Gasteiger partial charge in [-0.15, -0.1) is 0 Å². The second-order valence-electron chi connectivity index (χ2n) is 2.90. The van der Waals surface area contributed by atoms with E-state index in [1.807, 2.05) is 19.9 Å². The minimum absolute atomic E-state index is 0.0827. The van der Waals surface area contributed by atoms with E-state index in [-0.39, 0.29) is 12.5 Å². The second kappa shape index (κ2) is 4.55. The number of nitrogens with one attached hydrogen (secondary N) is 1. The zero-order chi connectivity index (χ0) is 10.6. The van der Waals surface area contributed by atoms with Gasteiger partial charge in [-0.2, -0.15) is 0 Å². The molecule has 0 saturated heterocycles. The highest BCUT2D eigenvalue weighted by Crippen LogP contribution is 2.02. The lowest BCUT2D eigenvalue weighted by molar-refractivity contribution is -0.138. The molecule has 0 saturated carbocycles. The molecule has 0 amide bonds. The molecule has 5 heteroatoms. The quantitative estimate of drug-likeness (QED) is 0.718. The van der Waals surface area contributed by atoms with Gasteiger partial charge in [-0.3, -0.25) is 4.79 Å². The van der Waals surface area contributed by atoms with Crippen molar-refractivity contribution in [2.45, 2.75) is 13.8 Å². The number of rotatable bonds is 3. The Bertz CT molecular complexity index is 319. The highest BCUT2D eigenvalue weighted by molar-refractivity contribution is 5.73. The molecule has 0 unspecified atom stereocenters. The molecule has 0 aromatic carbocycles. The van der Waals surface area contributed by atoms with E-state index >= 15 is 0 Å². The molecule has 0 spiro atoms. The highest BCUT2D eigenvalue weighted by atomic mass is 16.5. The molecular formula is C9H13N3O2. The molecule has 0 radical (unpaired) electrons. The molecule has 1 aromatic rings. The fraction of sp³-hybridized carbons (Fsp3) is 0.444. The molecular weight excluding hydrogens is 182 g/mol.